The van der Waals surface area contributed by atoms with E-state index in [0.717, 1.165) is 4.90 Å². The summed E-state index contributed by atoms with van der Waals surface area (Å²) >= 11 is 0. The number of carboxylic acids is 1. The highest BCUT2D eigenvalue weighted by molar-refractivity contribution is 5.86. The topological polar surface area (TPSA) is 113 Å². The molecule has 0 bridgehead atoms. The molecule has 1 atom stereocenters. The Hall–Kier alpha value is -1.79. The van der Waals surface area contributed by atoms with Crippen molar-refractivity contribution < 1.29 is 19.5 Å². The molecule has 0 saturated carbocycles. The molecule has 0 saturated heterocycles. The van der Waals surface area contributed by atoms with Gasteiger partial charge in [-0.2, -0.15) is 0 Å². The molecule has 0 aliphatic heterocycles. The molecule has 0 fully saturated rings. The third kappa shape index (κ3) is 5.03. The average Bonchev–Trinajstić information content (AvgIpc) is 2.19. The lowest BCUT2D eigenvalue weighted by molar-refractivity contribution is -0.142. The van der Waals surface area contributed by atoms with Gasteiger partial charge in [0.05, 0.1) is 0 Å². The summed E-state index contributed by atoms with van der Waals surface area (Å²) in [4.78, 5) is 34.8. The Morgan fingerprint density at radius 2 is 1.83 bits per heavy atom. The van der Waals surface area contributed by atoms with E-state index in [-0.39, 0.29) is 13.1 Å². The molecule has 0 spiro atoms. The van der Waals surface area contributed by atoms with Crippen molar-refractivity contribution in [3.05, 3.63) is 0 Å². The maximum atomic E-state index is 11.8. The lowest BCUT2D eigenvalue weighted by Crippen LogP contribution is -2.54. The minimum Gasteiger partial charge on any atom is -0.480 e. The van der Waals surface area contributed by atoms with Crippen LogP contribution in [0.25, 0.3) is 0 Å². The van der Waals surface area contributed by atoms with E-state index in [2.05, 4.69) is 5.32 Å². The molecule has 7 nitrogen and oxygen atoms in total. The summed E-state index contributed by atoms with van der Waals surface area (Å²) in [5.41, 5.74) is 4.37. The van der Waals surface area contributed by atoms with E-state index in [1.807, 2.05) is 0 Å². The number of likely N-dealkylation sites (N-methyl/N-ethyl adjacent to an activating group) is 1. The molecule has 18 heavy (non-hydrogen) atoms. The first-order chi connectivity index (χ1) is 8.09. The summed E-state index contributed by atoms with van der Waals surface area (Å²) in [5, 5.41) is 11.5. The minimum absolute atomic E-state index is 0.237. The van der Waals surface area contributed by atoms with Gasteiger partial charge < -0.3 is 21.1 Å². The Bertz CT molecular complexity index is 336. The van der Waals surface area contributed by atoms with E-state index in [1.54, 1.807) is 27.7 Å². The fourth-order valence-corrected chi connectivity index (χ4v) is 1.38. The normalized spacial score (nSPS) is 12.7. The van der Waals surface area contributed by atoms with Crippen LogP contribution >= 0.6 is 0 Å². The van der Waals surface area contributed by atoms with E-state index in [4.69, 9.17) is 10.8 Å². The summed E-state index contributed by atoms with van der Waals surface area (Å²) < 4.78 is 0. The van der Waals surface area contributed by atoms with Crippen LogP contribution in [-0.4, -0.2) is 47.0 Å². The number of nitrogens with two attached hydrogens (primary N) is 1. The van der Waals surface area contributed by atoms with Crippen molar-refractivity contribution in [3.8, 4) is 0 Å². The standard InChI is InChI=1S/C11H21N3O4/c1-5-14(6-7(12)15)10(18)13-8(9(16)17)11(2,3)4/h8H,5-6H2,1-4H3,(H2,12,15)(H,13,18)(H,16,17)/t8-/m0/s1. The molecule has 0 radical (unpaired) electrons. The van der Waals surface area contributed by atoms with Crippen molar-refractivity contribution in [2.75, 3.05) is 13.1 Å². The van der Waals surface area contributed by atoms with Crippen LogP contribution in [0, 0.1) is 5.41 Å². The number of hydrogen-bond acceptors (Lipinski definition) is 3. The number of nitrogens with one attached hydrogen (secondary N) is 1. The summed E-state index contributed by atoms with van der Waals surface area (Å²) in [6.07, 6.45) is 0. The van der Waals surface area contributed by atoms with Crippen molar-refractivity contribution in [3.63, 3.8) is 0 Å². The van der Waals surface area contributed by atoms with Crippen LogP contribution in [0.4, 0.5) is 4.79 Å². The van der Waals surface area contributed by atoms with Crippen molar-refractivity contribution in [2.24, 2.45) is 11.1 Å². The van der Waals surface area contributed by atoms with E-state index < -0.39 is 29.4 Å². The SMILES string of the molecule is CCN(CC(N)=O)C(=O)N[C@@H](C(=O)O)C(C)(C)C. The molecule has 3 amide bonds. The summed E-state index contributed by atoms with van der Waals surface area (Å²) in [5.74, 6) is -1.76. The third-order valence-corrected chi connectivity index (χ3v) is 2.40. The second-order valence-corrected chi connectivity index (χ2v) is 5.07. The number of hydrogen-bond donors (Lipinski definition) is 3. The molecule has 104 valence electrons. The third-order valence-electron chi connectivity index (χ3n) is 2.40. The first kappa shape index (κ1) is 16.2. The number of carbonyl (C=O) groups excluding carboxylic acids is 2. The fourth-order valence-electron chi connectivity index (χ4n) is 1.38. The second-order valence-electron chi connectivity index (χ2n) is 5.07. The summed E-state index contributed by atoms with van der Waals surface area (Å²) in [6.45, 7) is 6.82. The number of rotatable bonds is 5. The summed E-state index contributed by atoms with van der Waals surface area (Å²) in [7, 11) is 0. The van der Waals surface area contributed by atoms with Crippen molar-refractivity contribution in [1.82, 2.24) is 10.2 Å². The van der Waals surface area contributed by atoms with Gasteiger partial charge >= 0.3 is 12.0 Å². The molecule has 7 heteroatoms. The highest BCUT2D eigenvalue weighted by Gasteiger charge is 2.33. The van der Waals surface area contributed by atoms with Crippen molar-refractivity contribution in [1.29, 1.82) is 0 Å². The van der Waals surface area contributed by atoms with Crippen LogP contribution in [0.1, 0.15) is 27.7 Å². The first-order valence-electron chi connectivity index (χ1n) is 5.66. The van der Waals surface area contributed by atoms with Gasteiger partial charge in [0.25, 0.3) is 0 Å². The molecule has 0 unspecified atom stereocenters. The predicted octanol–water partition coefficient (Wildman–Crippen LogP) is 0.00250. The number of aliphatic carboxylic acids is 1. The lowest BCUT2D eigenvalue weighted by Gasteiger charge is -2.30. The number of amides is 3. The quantitative estimate of drug-likeness (QED) is 0.645. The largest absolute Gasteiger partial charge is 0.480 e. The molecule has 0 aromatic rings. The van der Waals surface area contributed by atoms with Gasteiger partial charge in [0.15, 0.2) is 0 Å². The number of primary amides is 1. The molecule has 0 rings (SSSR count). The Labute approximate surface area is 106 Å². The molecular formula is C11H21N3O4. The zero-order valence-corrected chi connectivity index (χ0v) is 11.2. The van der Waals surface area contributed by atoms with Crippen LogP contribution < -0.4 is 11.1 Å². The maximum Gasteiger partial charge on any atom is 0.326 e. The Balaban J connectivity index is 4.78. The second kappa shape index (κ2) is 6.23. The molecule has 0 aromatic carbocycles. The monoisotopic (exact) mass is 259 g/mol. The van der Waals surface area contributed by atoms with Crippen molar-refractivity contribution in [2.45, 2.75) is 33.7 Å². The van der Waals surface area contributed by atoms with E-state index >= 15 is 0 Å². The van der Waals surface area contributed by atoms with Gasteiger partial charge in [-0.3, -0.25) is 4.79 Å². The van der Waals surface area contributed by atoms with Gasteiger partial charge in [0.2, 0.25) is 5.91 Å². The van der Waals surface area contributed by atoms with Gasteiger partial charge in [-0.1, -0.05) is 20.8 Å². The zero-order chi connectivity index (χ0) is 14.5. The molecule has 0 aliphatic rings. The Kier molecular flexibility index (Phi) is 5.61. The van der Waals surface area contributed by atoms with Crippen LogP contribution in [0.3, 0.4) is 0 Å². The van der Waals surface area contributed by atoms with Crippen LogP contribution in [0.15, 0.2) is 0 Å². The maximum absolute atomic E-state index is 11.8. The van der Waals surface area contributed by atoms with Gasteiger partial charge in [0.1, 0.15) is 12.6 Å². The Morgan fingerprint density at radius 1 is 1.33 bits per heavy atom. The van der Waals surface area contributed by atoms with Crippen molar-refractivity contribution >= 4 is 17.9 Å². The number of carboxylic acid groups (broad SMARTS) is 1. The van der Waals surface area contributed by atoms with Crippen LogP contribution in [-0.2, 0) is 9.59 Å². The predicted molar refractivity (Wildman–Crippen MR) is 65.9 cm³/mol. The van der Waals surface area contributed by atoms with Crippen LogP contribution in [0.5, 0.6) is 0 Å². The Morgan fingerprint density at radius 3 is 2.11 bits per heavy atom. The molecular weight excluding hydrogens is 238 g/mol. The van der Waals surface area contributed by atoms with Gasteiger partial charge in [-0.05, 0) is 12.3 Å². The highest BCUT2D eigenvalue weighted by Crippen LogP contribution is 2.19. The molecule has 0 aliphatic carbocycles. The minimum atomic E-state index is -1.12. The number of nitrogens with zero attached hydrogens (tertiary/aromatic N) is 1. The van der Waals surface area contributed by atoms with Crippen LogP contribution in [0.2, 0.25) is 0 Å². The van der Waals surface area contributed by atoms with E-state index in [1.165, 1.54) is 0 Å². The highest BCUT2D eigenvalue weighted by atomic mass is 16.4. The van der Waals surface area contributed by atoms with E-state index in [0.29, 0.717) is 0 Å². The van der Waals surface area contributed by atoms with Gasteiger partial charge in [-0.25, -0.2) is 9.59 Å². The summed E-state index contributed by atoms with van der Waals surface area (Å²) in [6, 6.07) is -1.65. The first-order valence-corrected chi connectivity index (χ1v) is 5.66. The molecule has 0 heterocycles. The molecule has 4 N–H and O–H groups in total. The van der Waals surface area contributed by atoms with Gasteiger partial charge in [-0.15, -0.1) is 0 Å². The zero-order valence-electron chi connectivity index (χ0n) is 11.2. The fraction of sp³-hybridized carbons (Fsp3) is 0.727. The smallest absolute Gasteiger partial charge is 0.326 e. The van der Waals surface area contributed by atoms with E-state index in [9.17, 15) is 14.4 Å². The lowest BCUT2D eigenvalue weighted by atomic mass is 9.87. The van der Waals surface area contributed by atoms with Gasteiger partial charge in [0, 0.05) is 6.54 Å². The number of carbonyl (C=O) groups is 3. The molecule has 0 aromatic heterocycles. The number of urea groups is 1. The average molecular weight is 259 g/mol.